The van der Waals surface area contributed by atoms with Gasteiger partial charge in [-0.15, -0.1) is 0 Å². The van der Waals surface area contributed by atoms with E-state index in [-0.39, 0.29) is 36.9 Å². The highest BCUT2D eigenvalue weighted by Crippen LogP contribution is 2.47. The number of aromatic amines is 1. The van der Waals surface area contributed by atoms with Gasteiger partial charge in [-0.05, 0) is 106 Å². The first-order valence-corrected chi connectivity index (χ1v) is 18.8. The second-order valence-electron chi connectivity index (χ2n) is 15.1. The van der Waals surface area contributed by atoms with Crippen molar-refractivity contribution in [3.05, 3.63) is 59.2 Å². The Morgan fingerprint density at radius 2 is 1.83 bits per heavy atom. The van der Waals surface area contributed by atoms with Crippen molar-refractivity contribution in [2.24, 2.45) is 35.3 Å². The zero-order valence-corrected chi connectivity index (χ0v) is 29.2. The maximum Gasteiger partial charge on any atom is 0.309 e. The molecule has 1 aromatic heterocycles. The van der Waals surface area contributed by atoms with Crippen LogP contribution < -0.4 is 11.1 Å². The molecule has 1 saturated carbocycles. The molecule has 2 aliphatic carbocycles. The number of aliphatic carboxylic acids is 1. The molecule has 1 aromatic rings. The number of dihydropyridines is 1. The fraction of sp³-hybridized carbons (Fsp3) is 0.718. The summed E-state index contributed by atoms with van der Waals surface area (Å²) in [5, 5.41) is 56.4. The van der Waals surface area contributed by atoms with Gasteiger partial charge in [0.2, 0.25) is 0 Å². The van der Waals surface area contributed by atoms with Crippen LogP contribution in [0.15, 0.2) is 47.8 Å². The topological polar surface area (TPSA) is 172 Å². The summed E-state index contributed by atoms with van der Waals surface area (Å²) < 4.78 is 0. The average Bonchev–Trinajstić information content (AvgIpc) is 3.61. The quantitative estimate of drug-likeness (QED) is 0.0627. The number of nitrogens with two attached hydrogens (primary N) is 1. The maximum absolute atomic E-state index is 12.2. The number of aliphatic hydroxyl groups excluding tert-OH is 3. The smallest absolute Gasteiger partial charge is 0.309 e. The molecular weight excluding hydrogens is 606 g/mol. The average molecular weight is 670 g/mol. The van der Waals surface area contributed by atoms with Crippen LogP contribution >= 0.6 is 0 Å². The number of hydrogen-bond acceptors (Lipinski definition) is 7. The van der Waals surface area contributed by atoms with Crippen LogP contribution in [0, 0.1) is 29.6 Å². The minimum atomic E-state index is -1.03. The molecule has 2 heterocycles. The molecule has 9 N–H and O–H groups in total. The highest BCUT2D eigenvalue weighted by Gasteiger charge is 2.46. The molecule has 3 aliphatic rings. The van der Waals surface area contributed by atoms with Crippen LogP contribution in [0.1, 0.15) is 115 Å². The molecule has 0 radical (unpaired) electrons. The number of carboxylic acids is 1. The van der Waals surface area contributed by atoms with Gasteiger partial charge in [0.1, 0.15) is 0 Å². The van der Waals surface area contributed by atoms with Crippen LogP contribution in [0.25, 0.3) is 0 Å². The second kappa shape index (κ2) is 19.0. The fourth-order valence-corrected chi connectivity index (χ4v) is 8.48. The number of rotatable bonds is 21. The van der Waals surface area contributed by atoms with Crippen molar-refractivity contribution >= 4 is 5.97 Å². The van der Waals surface area contributed by atoms with Crippen molar-refractivity contribution in [3.8, 4) is 0 Å². The largest absolute Gasteiger partial charge is 0.481 e. The van der Waals surface area contributed by atoms with Gasteiger partial charge in [0, 0.05) is 36.9 Å². The molecule has 9 heteroatoms. The highest BCUT2D eigenvalue weighted by molar-refractivity contribution is 5.70. The molecule has 0 amide bonds. The van der Waals surface area contributed by atoms with Gasteiger partial charge >= 0.3 is 5.97 Å². The molecule has 1 aliphatic heterocycles. The van der Waals surface area contributed by atoms with Crippen LogP contribution in [0.3, 0.4) is 0 Å². The molecule has 270 valence electrons. The number of aromatic nitrogens is 1. The van der Waals surface area contributed by atoms with Crippen LogP contribution in [-0.2, 0) is 17.6 Å². The van der Waals surface area contributed by atoms with Crippen LogP contribution in [0.2, 0.25) is 0 Å². The third-order valence-electron chi connectivity index (χ3n) is 11.3. The lowest BCUT2D eigenvalue weighted by Crippen LogP contribution is -2.37. The Labute approximate surface area is 287 Å². The van der Waals surface area contributed by atoms with Crippen molar-refractivity contribution in [1.82, 2.24) is 10.3 Å². The van der Waals surface area contributed by atoms with E-state index < -0.39 is 23.6 Å². The molecule has 8 atom stereocenters. The maximum atomic E-state index is 12.2. The molecule has 0 saturated heterocycles. The third-order valence-corrected chi connectivity index (χ3v) is 11.3. The monoisotopic (exact) mass is 669 g/mol. The Morgan fingerprint density at radius 3 is 2.56 bits per heavy atom. The number of H-pyrrole nitrogens is 1. The summed E-state index contributed by atoms with van der Waals surface area (Å²) in [5.41, 5.74) is 8.12. The molecule has 0 aromatic carbocycles. The molecule has 9 nitrogen and oxygen atoms in total. The molecule has 1 fully saturated rings. The van der Waals surface area contributed by atoms with Gasteiger partial charge in [-0.1, -0.05) is 63.7 Å². The lowest BCUT2D eigenvalue weighted by molar-refractivity contribution is -0.146. The Bertz CT molecular complexity index is 1230. The van der Waals surface area contributed by atoms with E-state index in [0.717, 1.165) is 61.9 Å². The SMILES string of the molecule is CCCCCC1C=CC(CCCCCC(C(=O)O)C(O)CCC2(O)CC(CC3=CCNC(N)=C3)CC2Cc2ccc(CCO)[nH]2)C(O)C1. The summed E-state index contributed by atoms with van der Waals surface area (Å²) in [4.78, 5) is 15.6. The number of allylic oxidation sites excluding steroid dienone is 3. The van der Waals surface area contributed by atoms with Crippen molar-refractivity contribution < 1.29 is 30.3 Å². The standard InChI is InChI=1S/C39H63N3O6/c1-2-3-5-8-27-11-12-30(36(45)23-27)9-6-4-7-10-34(38(46)47)35(44)15-18-39(48)26-29(21-28-16-19-41-37(40)24-28)22-31(39)25-33-14-13-32(42-33)17-20-43/h11-14,16,24,27,29-31,34-36,41-45,48H,2-10,15,17-23,25-26,40H2,1H3,(H,46,47). The number of carboxylic acid groups (broad SMARTS) is 1. The number of hydrogen-bond donors (Lipinski definition) is 8. The lowest BCUT2D eigenvalue weighted by atomic mass is 9.80. The summed E-state index contributed by atoms with van der Waals surface area (Å²) in [7, 11) is 0. The predicted molar refractivity (Wildman–Crippen MR) is 190 cm³/mol. The number of aliphatic hydroxyl groups is 4. The Balaban J connectivity index is 1.28. The second-order valence-corrected chi connectivity index (χ2v) is 15.1. The Morgan fingerprint density at radius 1 is 1.04 bits per heavy atom. The Hall–Kier alpha value is -2.59. The minimum absolute atomic E-state index is 0.0435. The van der Waals surface area contributed by atoms with Crippen molar-refractivity contribution in [1.29, 1.82) is 0 Å². The van der Waals surface area contributed by atoms with E-state index in [1.807, 2.05) is 18.2 Å². The van der Waals surface area contributed by atoms with Gasteiger partial charge in [0.15, 0.2) is 0 Å². The first-order valence-electron chi connectivity index (χ1n) is 18.8. The van der Waals surface area contributed by atoms with Gasteiger partial charge < -0.3 is 41.6 Å². The van der Waals surface area contributed by atoms with Gasteiger partial charge in [-0.3, -0.25) is 4.79 Å². The summed E-state index contributed by atoms with van der Waals surface area (Å²) in [6, 6.07) is 3.99. The third kappa shape index (κ3) is 11.5. The van der Waals surface area contributed by atoms with Gasteiger partial charge in [-0.25, -0.2) is 0 Å². The molecule has 48 heavy (non-hydrogen) atoms. The zero-order chi connectivity index (χ0) is 34.5. The normalized spacial score (nSPS) is 28.5. The van der Waals surface area contributed by atoms with E-state index in [1.54, 1.807) is 0 Å². The predicted octanol–water partition coefficient (Wildman–Crippen LogP) is 5.50. The molecule has 0 bridgehead atoms. The summed E-state index contributed by atoms with van der Waals surface area (Å²) >= 11 is 0. The van der Waals surface area contributed by atoms with E-state index in [2.05, 4.69) is 35.5 Å². The van der Waals surface area contributed by atoms with Gasteiger partial charge in [0.25, 0.3) is 0 Å². The number of carbonyl (C=O) groups is 1. The van der Waals surface area contributed by atoms with E-state index in [1.165, 1.54) is 19.3 Å². The van der Waals surface area contributed by atoms with E-state index >= 15 is 0 Å². The highest BCUT2D eigenvalue weighted by atomic mass is 16.4. The summed E-state index contributed by atoms with van der Waals surface area (Å²) in [6.07, 6.45) is 20.7. The van der Waals surface area contributed by atoms with E-state index in [9.17, 15) is 30.3 Å². The molecule has 8 unspecified atom stereocenters. The van der Waals surface area contributed by atoms with Gasteiger partial charge in [-0.2, -0.15) is 0 Å². The first-order chi connectivity index (χ1) is 23.1. The molecule has 4 rings (SSSR count). The first kappa shape index (κ1) is 38.2. The molecule has 0 spiro atoms. The Kier molecular flexibility index (Phi) is 15.1. The van der Waals surface area contributed by atoms with E-state index in [0.29, 0.717) is 56.8 Å². The lowest BCUT2D eigenvalue weighted by Gasteiger charge is -2.32. The van der Waals surface area contributed by atoms with Crippen molar-refractivity contribution in [2.75, 3.05) is 13.2 Å². The number of nitrogens with one attached hydrogen (secondary N) is 2. The summed E-state index contributed by atoms with van der Waals surface area (Å²) in [5.74, 6) is -0.353. The minimum Gasteiger partial charge on any atom is -0.481 e. The van der Waals surface area contributed by atoms with Crippen LogP contribution in [0.5, 0.6) is 0 Å². The number of unbranched alkanes of at least 4 members (excludes halogenated alkanes) is 4. The van der Waals surface area contributed by atoms with Crippen molar-refractivity contribution in [3.63, 3.8) is 0 Å². The van der Waals surface area contributed by atoms with Gasteiger partial charge in [0.05, 0.1) is 29.5 Å². The zero-order valence-electron chi connectivity index (χ0n) is 29.2. The summed E-state index contributed by atoms with van der Waals surface area (Å²) in [6.45, 7) is 2.97. The van der Waals surface area contributed by atoms with Crippen LogP contribution in [-0.4, -0.2) is 67.4 Å². The van der Waals surface area contributed by atoms with Crippen LogP contribution in [0.4, 0.5) is 0 Å². The fourth-order valence-electron chi connectivity index (χ4n) is 8.48. The van der Waals surface area contributed by atoms with Crippen molar-refractivity contribution in [2.45, 2.75) is 134 Å². The molecular formula is C39H63N3O6. The van der Waals surface area contributed by atoms with E-state index in [4.69, 9.17) is 5.73 Å².